The number of nitrogens with zero attached hydrogens (tertiary/aromatic N) is 3. The summed E-state index contributed by atoms with van der Waals surface area (Å²) in [5.41, 5.74) is 26.4. The average Bonchev–Trinajstić information content (AvgIpc) is 1.26. The van der Waals surface area contributed by atoms with Crippen molar-refractivity contribution in [1.82, 2.24) is 4.40 Å². The molecule has 0 radical (unpaired) electrons. The van der Waals surface area contributed by atoms with Crippen molar-refractivity contribution in [3.8, 4) is 45.5 Å². The summed E-state index contributed by atoms with van der Waals surface area (Å²) in [6, 6.07) is 139. The third-order valence-corrected chi connectivity index (χ3v) is 25.1. The Bertz CT molecular complexity index is 5910. The van der Waals surface area contributed by atoms with Gasteiger partial charge in [-0.2, -0.15) is 10.5 Å². The standard InChI is InChI=1S/C101H67N3/c102-64-67-62-87-90(94-92(67)97(69-32-9-1-10-33-69,70-34-11-2-12-35-70)56-58-99(94,73-40-17-5-18-41-73)74-42-19-6-20-43-74)81-60-66(77-51-31-55-86-89(77)80-50-27-30-54-85(80)101(86)83-52-28-25-48-78(83)79-49-26-29-53-84(79)101)61-82-91-88(104(87)96(81)82)63-68(65-103)93-95(91)100(75-44-21-7-22-45-75,76-46-23-8-24-47-76)59-57-98(93,71-36-13-3-14-37-71)72-38-15-4-16-39-72/h1-55,60-63H,56-59H2. The molecule has 486 valence electrons. The van der Waals surface area contributed by atoms with E-state index in [0.717, 1.165) is 107 Å². The van der Waals surface area contributed by atoms with Crippen molar-refractivity contribution in [1.29, 1.82) is 10.5 Å². The largest absolute Gasteiger partial charge is 0.308 e. The minimum Gasteiger partial charge on any atom is -0.308 e. The lowest BCUT2D eigenvalue weighted by atomic mass is 9.51. The Hall–Kier alpha value is -12.9. The topological polar surface area (TPSA) is 52.0 Å². The summed E-state index contributed by atoms with van der Waals surface area (Å²) in [7, 11) is 0. The Labute approximate surface area is 605 Å². The molecular weight excluding hydrogens is 1260 g/mol. The van der Waals surface area contributed by atoms with Gasteiger partial charge in [0.1, 0.15) is 0 Å². The first-order valence-corrected chi connectivity index (χ1v) is 36.6. The summed E-state index contributed by atoms with van der Waals surface area (Å²) < 4.78 is 2.53. The Balaban J connectivity index is 1.02. The fourth-order valence-corrected chi connectivity index (χ4v) is 21.3. The molecule has 0 fully saturated rings. The van der Waals surface area contributed by atoms with Gasteiger partial charge in [0.2, 0.25) is 0 Å². The molecule has 3 heteroatoms. The highest BCUT2D eigenvalue weighted by Gasteiger charge is 2.57. The predicted molar refractivity (Wildman–Crippen MR) is 422 cm³/mol. The summed E-state index contributed by atoms with van der Waals surface area (Å²) in [6.45, 7) is 0. The van der Waals surface area contributed by atoms with Gasteiger partial charge in [-0.25, -0.2) is 0 Å². The zero-order chi connectivity index (χ0) is 68.9. The van der Waals surface area contributed by atoms with Crippen LogP contribution in [0.5, 0.6) is 0 Å². The van der Waals surface area contributed by atoms with Gasteiger partial charge in [0, 0.05) is 43.2 Å². The maximum atomic E-state index is 12.7. The number of rotatable bonds is 9. The van der Waals surface area contributed by atoms with E-state index in [4.69, 9.17) is 0 Å². The van der Waals surface area contributed by atoms with E-state index in [1.165, 1.54) is 66.8 Å². The second-order valence-electron chi connectivity index (χ2n) is 29.3. The monoisotopic (exact) mass is 1320 g/mol. The van der Waals surface area contributed by atoms with Crippen LogP contribution >= 0.6 is 0 Å². The Morgan fingerprint density at radius 3 is 0.856 bits per heavy atom. The van der Waals surface area contributed by atoms with Crippen LogP contribution in [0.3, 0.4) is 0 Å². The van der Waals surface area contributed by atoms with Gasteiger partial charge in [-0.3, -0.25) is 0 Å². The molecule has 1 spiro atoms. The maximum Gasteiger partial charge on any atom is 0.0995 e. The molecule has 0 unspecified atom stereocenters. The van der Waals surface area contributed by atoms with Crippen LogP contribution in [0.1, 0.15) is 126 Å². The van der Waals surface area contributed by atoms with Crippen LogP contribution in [0.2, 0.25) is 0 Å². The van der Waals surface area contributed by atoms with Crippen LogP contribution in [0.25, 0.3) is 71.5 Å². The summed E-state index contributed by atoms with van der Waals surface area (Å²) in [4.78, 5) is 0. The Morgan fingerprint density at radius 2 is 0.529 bits per heavy atom. The SMILES string of the molecule is N#Cc1cc2c(c3c1C(c1ccccc1)(c1ccccc1)CCC3(c1ccccc1)c1ccccc1)c1cc(-c3cccc4c3-c3ccccc3C43c4ccccc4-c4ccccc43)cc3c4c5c(c(C#N)cc4n2c13)C(c1ccccc1)(c1ccccc1)CCC5(c1ccccc1)c1ccccc1. The van der Waals surface area contributed by atoms with Gasteiger partial charge in [-0.15, -0.1) is 0 Å². The number of hydrogen-bond acceptors (Lipinski definition) is 2. The molecule has 2 heterocycles. The van der Waals surface area contributed by atoms with E-state index in [-0.39, 0.29) is 0 Å². The first-order chi connectivity index (χ1) is 51.5. The van der Waals surface area contributed by atoms with Gasteiger partial charge in [0.05, 0.1) is 45.2 Å². The summed E-state index contributed by atoms with van der Waals surface area (Å²) in [6.07, 6.45) is 2.86. The molecule has 0 atom stereocenters. The molecule has 0 aliphatic heterocycles. The lowest BCUT2D eigenvalue weighted by Gasteiger charge is -2.50. The molecule has 0 saturated heterocycles. The van der Waals surface area contributed by atoms with E-state index in [9.17, 15) is 10.5 Å². The van der Waals surface area contributed by atoms with Crippen LogP contribution in [-0.2, 0) is 27.1 Å². The first-order valence-electron chi connectivity index (χ1n) is 36.6. The van der Waals surface area contributed by atoms with Crippen LogP contribution in [0.15, 0.2) is 358 Å². The Kier molecular flexibility index (Phi) is 13.0. The summed E-state index contributed by atoms with van der Waals surface area (Å²) >= 11 is 0. The minimum atomic E-state index is -0.801. The van der Waals surface area contributed by atoms with E-state index >= 15 is 0 Å². The van der Waals surface area contributed by atoms with Gasteiger partial charge < -0.3 is 4.40 Å². The molecule has 15 aromatic carbocycles. The fraction of sp³-hybridized carbons (Fsp3) is 0.0891. The summed E-state index contributed by atoms with van der Waals surface area (Å²) in [5.74, 6) is 0. The van der Waals surface area contributed by atoms with Gasteiger partial charge in [-0.1, -0.05) is 334 Å². The third-order valence-electron chi connectivity index (χ3n) is 25.1. The highest BCUT2D eigenvalue weighted by molar-refractivity contribution is 6.27. The number of benzene rings is 15. The normalized spacial score (nSPS) is 15.7. The van der Waals surface area contributed by atoms with Gasteiger partial charge in [0.25, 0.3) is 0 Å². The lowest BCUT2D eigenvalue weighted by Crippen LogP contribution is -2.44. The second-order valence-corrected chi connectivity index (χ2v) is 29.3. The molecule has 104 heavy (non-hydrogen) atoms. The van der Waals surface area contributed by atoms with Crippen molar-refractivity contribution in [2.45, 2.75) is 52.8 Å². The smallest absolute Gasteiger partial charge is 0.0995 e. The van der Waals surface area contributed by atoms with E-state index in [2.05, 4.69) is 374 Å². The molecule has 21 rings (SSSR count). The zero-order valence-electron chi connectivity index (χ0n) is 57.2. The third kappa shape index (κ3) is 7.67. The number of aromatic nitrogens is 1. The number of fused-ring (bicyclic) bond motifs is 20. The molecule has 4 aliphatic rings. The van der Waals surface area contributed by atoms with E-state index < -0.39 is 27.1 Å². The van der Waals surface area contributed by atoms with Crippen LogP contribution in [0, 0.1) is 22.7 Å². The molecular formula is C101H67N3. The van der Waals surface area contributed by atoms with Gasteiger partial charge >= 0.3 is 0 Å². The van der Waals surface area contributed by atoms with Crippen LogP contribution in [0.4, 0.5) is 0 Å². The fourth-order valence-electron chi connectivity index (χ4n) is 21.3. The van der Waals surface area contributed by atoms with Crippen molar-refractivity contribution in [2.24, 2.45) is 0 Å². The minimum absolute atomic E-state index is 0.593. The van der Waals surface area contributed by atoms with Crippen molar-refractivity contribution in [3.63, 3.8) is 0 Å². The van der Waals surface area contributed by atoms with Crippen molar-refractivity contribution >= 4 is 38.1 Å². The van der Waals surface area contributed by atoms with Crippen molar-refractivity contribution in [3.05, 3.63) is 458 Å². The molecule has 0 amide bonds. The van der Waals surface area contributed by atoms with Gasteiger partial charge in [0.15, 0.2) is 0 Å². The highest BCUT2D eigenvalue weighted by atomic mass is 14.9. The molecule has 2 aromatic heterocycles. The van der Waals surface area contributed by atoms with Crippen LogP contribution in [-0.4, -0.2) is 4.40 Å². The van der Waals surface area contributed by atoms with E-state index in [1.54, 1.807) is 0 Å². The second kappa shape index (κ2) is 22.5. The summed E-state index contributed by atoms with van der Waals surface area (Å²) in [5, 5.41) is 29.9. The van der Waals surface area contributed by atoms with Gasteiger partial charge in [-0.05, 0) is 172 Å². The molecule has 4 aliphatic carbocycles. The highest BCUT2D eigenvalue weighted by Crippen LogP contribution is 2.67. The molecule has 17 aromatic rings. The first kappa shape index (κ1) is 59.9. The van der Waals surface area contributed by atoms with Crippen molar-refractivity contribution in [2.75, 3.05) is 0 Å². The molecule has 0 bridgehead atoms. The average molecular weight is 1320 g/mol. The quantitative estimate of drug-likeness (QED) is 0.145. The van der Waals surface area contributed by atoms with E-state index in [1.807, 2.05) is 0 Å². The predicted octanol–water partition coefficient (Wildman–Crippen LogP) is 23.5. The number of nitriles is 2. The molecule has 3 nitrogen and oxygen atoms in total. The maximum absolute atomic E-state index is 12.7. The van der Waals surface area contributed by atoms with Crippen molar-refractivity contribution < 1.29 is 0 Å². The molecule has 0 saturated carbocycles. The number of hydrogen-bond donors (Lipinski definition) is 0. The zero-order valence-corrected chi connectivity index (χ0v) is 57.2. The lowest BCUT2D eigenvalue weighted by molar-refractivity contribution is 0.409. The molecule has 0 N–H and O–H groups in total. The van der Waals surface area contributed by atoms with E-state index in [0.29, 0.717) is 24.0 Å². The van der Waals surface area contributed by atoms with Crippen LogP contribution < -0.4 is 0 Å². The Morgan fingerprint density at radius 1 is 0.260 bits per heavy atom.